The number of methoxy groups -OCH3 is 1. The van der Waals surface area contributed by atoms with E-state index in [0.717, 1.165) is 18.4 Å². The first kappa shape index (κ1) is 20.1. The Kier molecular flexibility index (Phi) is 6.46. The molecule has 0 amide bonds. The minimum atomic E-state index is -0.486. The summed E-state index contributed by atoms with van der Waals surface area (Å²) in [6, 6.07) is 7.15. The number of carbonyl (C=O) groups is 2. The molecule has 0 N–H and O–H groups in total. The van der Waals surface area contributed by atoms with Gasteiger partial charge in [-0.15, -0.1) is 0 Å². The number of hydrogen-bond acceptors (Lipinski definition) is 7. The molecule has 8 heteroatoms. The molecule has 0 radical (unpaired) electrons. The summed E-state index contributed by atoms with van der Waals surface area (Å²) in [4.78, 5) is 35.3. The van der Waals surface area contributed by atoms with Crippen LogP contribution in [0.15, 0.2) is 30.5 Å². The van der Waals surface area contributed by atoms with Gasteiger partial charge in [0.1, 0.15) is 11.4 Å². The minimum Gasteiger partial charge on any atom is -0.469 e. The van der Waals surface area contributed by atoms with Gasteiger partial charge in [0.25, 0.3) is 0 Å². The van der Waals surface area contributed by atoms with Crippen LogP contribution in [0.2, 0.25) is 5.02 Å². The van der Waals surface area contributed by atoms with Crippen LogP contribution in [0.1, 0.15) is 30.1 Å². The molecule has 3 rings (SSSR count). The van der Waals surface area contributed by atoms with Crippen molar-refractivity contribution >= 4 is 29.4 Å². The fourth-order valence-corrected chi connectivity index (χ4v) is 3.36. The number of carbonyl (C=O) groups excluding carboxylic acids is 2. The second-order valence-electron chi connectivity index (χ2n) is 6.47. The summed E-state index contributed by atoms with van der Waals surface area (Å²) in [5, 5.41) is 0.615. The zero-order chi connectivity index (χ0) is 20.1. The Morgan fingerprint density at radius 1 is 1.29 bits per heavy atom. The number of halogens is 1. The molecular weight excluding hydrogens is 382 g/mol. The molecule has 0 bridgehead atoms. The van der Waals surface area contributed by atoms with Crippen LogP contribution in [0.4, 0.5) is 5.82 Å². The molecule has 1 aromatic carbocycles. The fraction of sp³-hybridized carbons (Fsp3) is 0.400. The number of rotatable bonds is 5. The Balaban J connectivity index is 1.99. The zero-order valence-electron chi connectivity index (χ0n) is 15.9. The third-order valence-corrected chi connectivity index (χ3v) is 4.87. The van der Waals surface area contributed by atoms with Gasteiger partial charge in [0.2, 0.25) is 0 Å². The number of benzene rings is 1. The SMILES string of the molecule is CCOC(=O)c1cnc(-c2ccc(Cl)cc2)nc1N1CCCC(C(=O)OC)C1. The molecule has 0 spiro atoms. The van der Waals surface area contributed by atoms with Crippen LogP contribution in [0, 0.1) is 5.92 Å². The lowest BCUT2D eigenvalue weighted by molar-refractivity contribution is -0.145. The van der Waals surface area contributed by atoms with Crippen molar-refractivity contribution in [2.45, 2.75) is 19.8 Å². The number of nitrogens with zero attached hydrogens (tertiary/aromatic N) is 3. The number of aromatic nitrogens is 2. The molecule has 0 aliphatic carbocycles. The molecule has 1 unspecified atom stereocenters. The van der Waals surface area contributed by atoms with E-state index in [2.05, 4.69) is 9.97 Å². The van der Waals surface area contributed by atoms with Crippen molar-refractivity contribution in [2.24, 2.45) is 5.92 Å². The summed E-state index contributed by atoms with van der Waals surface area (Å²) in [7, 11) is 1.38. The number of hydrogen-bond donors (Lipinski definition) is 0. The molecule has 0 saturated carbocycles. The third-order valence-electron chi connectivity index (χ3n) is 4.62. The van der Waals surface area contributed by atoms with Gasteiger partial charge in [-0.1, -0.05) is 11.6 Å². The van der Waals surface area contributed by atoms with Gasteiger partial charge in [0.15, 0.2) is 5.82 Å². The molecule has 148 valence electrons. The summed E-state index contributed by atoms with van der Waals surface area (Å²) in [5.74, 6) is -0.0654. The van der Waals surface area contributed by atoms with Gasteiger partial charge >= 0.3 is 11.9 Å². The maximum Gasteiger partial charge on any atom is 0.343 e. The van der Waals surface area contributed by atoms with Gasteiger partial charge in [0, 0.05) is 29.9 Å². The van der Waals surface area contributed by atoms with Crippen molar-refractivity contribution in [1.82, 2.24) is 9.97 Å². The van der Waals surface area contributed by atoms with Crippen LogP contribution in [0.3, 0.4) is 0 Å². The molecule has 1 fully saturated rings. The van der Waals surface area contributed by atoms with Crippen molar-refractivity contribution in [2.75, 3.05) is 31.7 Å². The van der Waals surface area contributed by atoms with E-state index < -0.39 is 5.97 Å². The van der Waals surface area contributed by atoms with Crippen molar-refractivity contribution in [3.05, 3.63) is 41.0 Å². The zero-order valence-corrected chi connectivity index (χ0v) is 16.6. The quantitative estimate of drug-likeness (QED) is 0.708. The molecule has 2 heterocycles. The van der Waals surface area contributed by atoms with Gasteiger partial charge in [-0.2, -0.15) is 0 Å². The Morgan fingerprint density at radius 3 is 2.71 bits per heavy atom. The molecule has 28 heavy (non-hydrogen) atoms. The summed E-state index contributed by atoms with van der Waals surface area (Å²) < 4.78 is 10.1. The standard InChI is InChI=1S/C20H22ClN3O4/c1-3-28-20(26)16-11-22-17(13-6-8-15(21)9-7-13)23-18(16)24-10-4-5-14(12-24)19(25)27-2/h6-9,11,14H,3-5,10,12H2,1-2H3. The van der Waals surface area contributed by atoms with E-state index in [1.165, 1.54) is 13.3 Å². The monoisotopic (exact) mass is 403 g/mol. The molecule has 1 atom stereocenters. The lowest BCUT2D eigenvalue weighted by atomic mass is 9.98. The smallest absolute Gasteiger partial charge is 0.343 e. The lowest BCUT2D eigenvalue weighted by Gasteiger charge is -2.33. The molecular formula is C20H22ClN3O4. The first-order chi connectivity index (χ1) is 13.5. The van der Waals surface area contributed by atoms with Crippen molar-refractivity contribution in [1.29, 1.82) is 0 Å². The molecule has 1 saturated heterocycles. The van der Waals surface area contributed by atoms with E-state index >= 15 is 0 Å². The van der Waals surface area contributed by atoms with E-state index in [4.69, 9.17) is 21.1 Å². The minimum absolute atomic E-state index is 0.252. The summed E-state index contributed by atoms with van der Waals surface area (Å²) in [6.45, 7) is 3.10. The van der Waals surface area contributed by atoms with E-state index in [-0.39, 0.29) is 24.1 Å². The highest BCUT2D eigenvalue weighted by Gasteiger charge is 2.30. The Hall–Kier alpha value is -2.67. The van der Waals surface area contributed by atoms with Crippen LogP contribution < -0.4 is 4.90 Å². The lowest BCUT2D eigenvalue weighted by Crippen LogP contribution is -2.40. The van der Waals surface area contributed by atoms with E-state index in [9.17, 15) is 9.59 Å². The van der Waals surface area contributed by atoms with E-state index in [1.54, 1.807) is 19.1 Å². The van der Waals surface area contributed by atoms with Crippen LogP contribution in [-0.4, -0.2) is 48.7 Å². The predicted octanol–water partition coefficient (Wildman–Crippen LogP) is 3.36. The van der Waals surface area contributed by atoms with Gasteiger partial charge in [-0.25, -0.2) is 14.8 Å². The Morgan fingerprint density at radius 2 is 2.04 bits per heavy atom. The average molecular weight is 404 g/mol. The first-order valence-corrected chi connectivity index (χ1v) is 9.54. The van der Waals surface area contributed by atoms with Crippen molar-refractivity contribution in [3.63, 3.8) is 0 Å². The molecule has 2 aromatic rings. The Bertz CT molecular complexity index is 857. The number of esters is 2. The fourth-order valence-electron chi connectivity index (χ4n) is 3.23. The maximum absolute atomic E-state index is 12.4. The Labute approximate surface area is 168 Å². The highest BCUT2D eigenvalue weighted by atomic mass is 35.5. The highest BCUT2D eigenvalue weighted by Crippen LogP contribution is 2.28. The van der Waals surface area contributed by atoms with Crippen molar-refractivity contribution < 1.29 is 19.1 Å². The topological polar surface area (TPSA) is 81.6 Å². The molecule has 1 aromatic heterocycles. The second kappa shape index (κ2) is 9.01. The van der Waals surface area contributed by atoms with Gasteiger partial charge < -0.3 is 14.4 Å². The van der Waals surface area contributed by atoms with Crippen LogP contribution in [-0.2, 0) is 14.3 Å². The average Bonchev–Trinajstić information content (AvgIpc) is 2.73. The molecule has 1 aliphatic heterocycles. The number of ether oxygens (including phenoxy) is 2. The summed E-state index contributed by atoms with van der Waals surface area (Å²) in [6.07, 6.45) is 3.02. The largest absolute Gasteiger partial charge is 0.469 e. The summed E-state index contributed by atoms with van der Waals surface area (Å²) in [5.41, 5.74) is 1.06. The van der Waals surface area contributed by atoms with Gasteiger partial charge in [-0.3, -0.25) is 4.79 Å². The predicted molar refractivity (Wildman–Crippen MR) is 105 cm³/mol. The van der Waals surface area contributed by atoms with Crippen molar-refractivity contribution in [3.8, 4) is 11.4 Å². The number of anilines is 1. The molecule has 7 nitrogen and oxygen atoms in total. The third kappa shape index (κ3) is 4.42. The second-order valence-corrected chi connectivity index (χ2v) is 6.90. The number of piperidine rings is 1. The van der Waals surface area contributed by atoms with Gasteiger partial charge in [0.05, 0.1) is 19.6 Å². The first-order valence-electron chi connectivity index (χ1n) is 9.16. The summed E-state index contributed by atoms with van der Waals surface area (Å²) >= 11 is 5.96. The maximum atomic E-state index is 12.4. The van der Waals surface area contributed by atoms with Crippen LogP contribution >= 0.6 is 11.6 Å². The van der Waals surface area contributed by atoms with Gasteiger partial charge in [-0.05, 0) is 44.0 Å². The van der Waals surface area contributed by atoms with E-state index in [0.29, 0.717) is 29.8 Å². The van der Waals surface area contributed by atoms with Crippen LogP contribution in [0.25, 0.3) is 11.4 Å². The molecule has 1 aliphatic rings. The van der Waals surface area contributed by atoms with Crippen LogP contribution in [0.5, 0.6) is 0 Å². The van der Waals surface area contributed by atoms with E-state index in [1.807, 2.05) is 17.0 Å². The normalized spacial score (nSPS) is 16.5. The highest BCUT2D eigenvalue weighted by molar-refractivity contribution is 6.30.